The fourth-order valence-electron chi connectivity index (χ4n) is 1.54. The number of halogens is 1. The van der Waals surface area contributed by atoms with Gasteiger partial charge in [-0.25, -0.2) is 4.68 Å². The summed E-state index contributed by atoms with van der Waals surface area (Å²) >= 11 is 3.44. The molecule has 1 aromatic heterocycles. The van der Waals surface area contributed by atoms with Gasteiger partial charge in [0.1, 0.15) is 11.6 Å². The second-order valence-corrected chi connectivity index (χ2v) is 4.27. The number of rotatable bonds is 1. The van der Waals surface area contributed by atoms with Gasteiger partial charge in [0.05, 0.1) is 18.7 Å². The first-order valence-electron chi connectivity index (χ1n) is 4.43. The van der Waals surface area contributed by atoms with Crippen LogP contribution < -0.4 is 0 Å². The lowest BCUT2D eigenvalue weighted by Crippen LogP contribution is -2.31. The zero-order chi connectivity index (χ0) is 9.54. The van der Waals surface area contributed by atoms with E-state index >= 15 is 0 Å². The van der Waals surface area contributed by atoms with E-state index in [4.69, 9.17) is 4.74 Å². The Kier molecular flexibility index (Phi) is 1.81. The van der Waals surface area contributed by atoms with Crippen LogP contribution in [0, 0.1) is 0 Å². The molecule has 2 heterocycles. The first kappa shape index (κ1) is 8.38. The Balaban J connectivity index is 2.18. The summed E-state index contributed by atoms with van der Waals surface area (Å²) in [6.07, 6.45) is 0. The first-order valence-corrected chi connectivity index (χ1v) is 5.22. The minimum atomic E-state index is 0.356. The normalized spacial score (nSPS) is 17.2. The number of nitrogens with zero attached hydrogens (tertiary/aromatic N) is 3. The monoisotopic (exact) mass is 253 g/mol. The summed E-state index contributed by atoms with van der Waals surface area (Å²) in [4.78, 5) is 0. The Morgan fingerprint density at radius 3 is 3.00 bits per heavy atom. The molecule has 0 unspecified atom stereocenters. The lowest BCUT2D eigenvalue weighted by molar-refractivity contribution is -0.0274. The van der Waals surface area contributed by atoms with E-state index in [0.29, 0.717) is 6.04 Å². The van der Waals surface area contributed by atoms with Crippen molar-refractivity contribution >= 4 is 27.0 Å². The lowest BCUT2D eigenvalue weighted by atomic mass is 10.2. The summed E-state index contributed by atoms with van der Waals surface area (Å²) in [5.74, 6) is 0. The fourth-order valence-corrected chi connectivity index (χ4v) is 1.89. The quantitative estimate of drug-likeness (QED) is 0.778. The van der Waals surface area contributed by atoms with Gasteiger partial charge in [-0.3, -0.25) is 0 Å². The summed E-state index contributed by atoms with van der Waals surface area (Å²) in [6, 6.07) is 6.32. The van der Waals surface area contributed by atoms with Gasteiger partial charge in [-0.15, -0.1) is 5.10 Å². The summed E-state index contributed by atoms with van der Waals surface area (Å²) in [5.41, 5.74) is 1.99. The van der Waals surface area contributed by atoms with E-state index in [1.807, 2.05) is 22.9 Å². The van der Waals surface area contributed by atoms with Gasteiger partial charge < -0.3 is 4.74 Å². The topological polar surface area (TPSA) is 39.9 Å². The van der Waals surface area contributed by atoms with Crippen LogP contribution in [0.3, 0.4) is 0 Å². The van der Waals surface area contributed by atoms with Gasteiger partial charge >= 0.3 is 0 Å². The molecule has 0 radical (unpaired) electrons. The maximum Gasteiger partial charge on any atom is 0.113 e. The highest BCUT2D eigenvalue weighted by molar-refractivity contribution is 9.10. The molecule has 1 aliphatic heterocycles. The molecule has 0 N–H and O–H groups in total. The number of benzene rings is 1. The van der Waals surface area contributed by atoms with E-state index < -0.39 is 0 Å². The molecule has 1 aliphatic rings. The molecule has 0 saturated carbocycles. The van der Waals surface area contributed by atoms with Crippen molar-refractivity contribution in [3.63, 3.8) is 0 Å². The Hall–Kier alpha value is -0.940. The number of hydrogen-bond acceptors (Lipinski definition) is 3. The van der Waals surface area contributed by atoms with Crippen LogP contribution in [-0.2, 0) is 4.74 Å². The molecule has 1 fully saturated rings. The largest absolute Gasteiger partial charge is 0.377 e. The van der Waals surface area contributed by atoms with E-state index in [1.54, 1.807) is 0 Å². The van der Waals surface area contributed by atoms with Gasteiger partial charge in [0, 0.05) is 4.47 Å². The average molecular weight is 254 g/mol. The van der Waals surface area contributed by atoms with Crippen molar-refractivity contribution in [2.45, 2.75) is 6.04 Å². The Morgan fingerprint density at radius 1 is 1.43 bits per heavy atom. The van der Waals surface area contributed by atoms with E-state index in [9.17, 15) is 0 Å². The molecule has 2 aromatic rings. The van der Waals surface area contributed by atoms with Gasteiger partial charge in [0.25, 0.3) is 0 Å². The molecule has 3 rings (SSSR count). The second kappa shape index (κ2) is 3.03. The van der Waals surface area contributed by atoms with Crippen LogP contribution in [0.15, 0.2) is 22.7 Å². The third-order valence-corrected chi connectivity index (χ3v) is 2.89. The Labute approximate surface area is 89.0 Å². The van der Waals surface area contributed by atoms with E-state index in [0.717, 1.165) is 28.7 Å². The summed E-state index contributed by atoms with van der Waals surface area (Å²) in [6.45, 7) is 1.48. The van der Waals surface area contributed by atoms with Crippen LogP contribution in [0.2, 0.25) is 0 Å². The molecule has 0 amide bonds. The number of aromatic nitrogens is 3. The van der Waals surface area contributed by atoms with Crippen molar-refractivity contribution in [1.82, 2.24) is 15.0 Å². The molecular formula is C9H8BrN3O. The molecule has 1 saturated heterocycles. The van der Waals surface area contributed by atoms with Gasteiger partial charge in [-0.05, 0) is 18.2 Å². The SMILES string of the molecule is Brc1ccc2nnn(C3COC3)c2c1. The minimum Gasteiger partial charge on any atom is -0.377 e. The Morgan fingerprint density at radius 2 is 2.29 bits per heavy atom. The lowest BCUT2D eigenvalue weighted by Gasteiger charge is -2.26. The van der Waals surface area contributed by atoms with E-state index in [1.165, 1.54) is 0 Å². The van der Waals surface area contributed by atoms with Crippen molar-refractivity contribution in [1.29, 1.82) is 0 Å². The predicted octanol–water partition coefficient (Wildman–Crippen LogP) is 1.77. The van der Waals surface area contributed by atoms with Crippen LogP contribution >= 0.6 is 15.9 Å². The highest BCUT2D eigenvalue weighted by atomic mass is 79.9. The van der Waals surface area contributed by atoms with Crippen molar-refractivity contribution < 1.29 is 4.74 Å². The summed E-state index contributed by atoms with van der Waals surface area (Å²) in [5, 5.41) is 8.22. The summed E-state index contributed by atoms with van der Waals surface area (Å²) < 4.78 is 8.12. The van der Waals surface area contributed by atoms with Crippen molar-refractivity contribution in [2.24, 2.45) is 0 Å². The maximum absolute atomic E-state index is 5.14. The zero-order valence-corrected chi connectivity index (χ0v) is 8.94. The van der Waals surface area contributed by atoms with Crippen LogP contribution in [-0.4, -0.2) is 28.2 Å². The van der Waals surface area contributed by atoms with Gasteiger partial charge in [-0.2, -0.15) is 0 Å². The van der Waals surface area contributed by atoms with Crippen LogP contribution in [0.1, 0.15) is 6.04 Å². The predicted molar refractivity (Wildman–Crippen MR) is 55.1 cm³/mol. The summed E-state index contributed by atoms with van der Waals surface area (Å²) in [7, 11) is 0. The van der Waals surface area contributed by atoms with Gasteiger partial charge in [-0.1, -0.05) is 21.1 Å². The Bertz CT molecular complexity index is 478. The highest BCUT2D eigenvalue weighted by Crippen LogP contribution is 2.23. The molecule has 4 nitrogen and oxygen atoms in total. The molecule has 0 spiro atoms. The van der Waals surface area contributed by atoms with Gasteiger partial charge in [0.15, 0.2) is 0 Å². The van der Waals surface area contributed by atoms with Gasteiger partial charge in [0.2, 0.25) is 0 Å². The molecule has 1 aromatic carbocycles. The van der Waals surface area contributed by atoms with Crippen LogP contribution in [0.5, 0.6) is 0 Å². The molecule has 0 atom stereocenters. The highest BCUT2D eigenvalue weighted by Gasteiger charge is 2.23. The van der Waals surface area contributed by atoms with Crippen molar-refractivity contribution in [3.05, 3.63) is 22.7 Å². The molecule has 5 heteroatoms. The third kappa shape index (κ3) is 1.16. The first-order chi connectivity index (χ1) is 6.84. The van der Waals surface area contributed by atoms with Crippen LogP contribution in [0.25, 0.3) is 11.0 Å². The van der Waals surface area contributed by atoms with Crippen LogP contribution in [0.4, 0.5) is 0 Å². The standard InChI is InChI=1S/C9H8BrN3O/c10-6-1-2-8-9(3-6)13(12-11-8)7-4-14-5-7/h1-3,7H,4-5H2. The number of hydrogen-bond donors (Lipinski definition) is 0. The van der Waals surface area contributed by atoms with E-state index in [2.05, 4.69) is 26.2 Å². The number of ether oxygens (including phenoxy) is 1. The molecule has 72 valence electrons. The van der Waals surface area contributed by atoms with Crippen molar-refractivity contribution in [2.75, 3.05) is 13.2 Å². The smallest absolute Gasteiger partial charge is 0.113 e. The van der Waals surface area contributed by atoms with Crippen molar-refractivity contribution in [3.8, 4) is 0 Å². The molecule has 14 heavy (non-hydrogen) atoms. The third-order valence-electron chi connectivity index (χ3n) is 2.40. The molecule has 0 bridgehead atoms. The average Bonchev–Trinajstić information content (AvgIpc) is 2.46. The number of fused-ring (bicyclic) bond motifs is 1. The van der Waals surface area contributed by atoms with E-state index in [-0.39, 0.29) is 0 Å². The fraction of sp³-hybridized carbons (Fsp3) is 0.333. The maximum atomic E-state index is 5.14. The zero-order valence-electron chi connectivity index (χ0n) is 7.35. The molecule has 0 aliphatic carbocycles. The molecular weight excluding hydrogens is 246 g/mol. The second-order valence-electron chi connectivity index (χ2n) is 3.36. The minimum absolute atomic E-state index is 0.356.